The number of carbonyl (C=O) groups is 2. The van der Waals surface area contributed by atoms with Gasteiger partial charge >= 0.3 is 6.09 Å². The van der Waals surface area contributed by atoms with Crippen LogP contribution in [0.2, 0.25) is 0 Å². The van der Waals surface area contributed by atoms with Gasteiger partial charge in [0.05, 0.1) is 42.9 Å². The first kappa shape index (κ1) is 35.4. The molecular weight excluding hydrogens is 616 g/mol. The van der Waals surface area contributed by atoms with Crippen LogP contribution in [0, 0.1) is 11.3 Å². The molecule has 2 aromatic carbocycles. The summed E-state index contributed by atoms with van der Waals surface area (Å²) in [5, 5.41) is 27.4. The Bertz CT molecular complexity index is 1410. The van der Waals surface area contributed by atoms with Gasteiger partial charge in [-0.3, -0.25) is 0 Å². The molecule has 2 aliphatic rings. The molecule has 2 heterocycles. The molecule has 2 amide bonds. The van der Waals surface area contributed by atoms with Crippen LogP contribution in [-0.2, 0) is 30.7 Å². The molecule has 0 bridgehead atoms. The van der Waals surface area contributed by atoms with Crippen molar-refractivity contribution in [2.45, 2.75) is 69.4 Å². The van der Waals surface area contributed by atoms with Gasteiger partial charge in [-0.05, 0) is 61.4 Å². The highest BCUT2D eigenvalue weighted by Gasteiger charge is 2.47. The second-order valence-corrected chi connectivity index (χ2v) is 14.5. The molecule has 2 fully saturated rings. The Balaban J connectivity index is 1.66. The highest BCUT2D eigenvalue weighted by Crippen LogP contribution is 2.36. The zero-order valence-electron chi connectivity index (χ0n) is 26.5. The number of aliphatic hydroxyl groups is 1. The summed E-state index contributed by atoms with van der Waals surface area (Å²) < 4.78 is 45.7. The highest BCUT2D eigenvalue weighted by molar-refractivity contribution is 7.89. The van der Waals surface area contributed by atoms with Crippen LogP contribution in [-0.4, -0.2) is 98.8 Å². The van der Waals surface area contributed by atoms with Crippen molar-refractivity contribution in [2.75, 3.05) is 45.2 Å². The molecule has 2 saturated heterocycles. The Hall–Kier alpha value is -3.43. The van der Waals surface area contributed by atoms with Gasteiger partial charge < -0.3 is 45.2 Å². The number of benzene rings is 2. The van der Waals surface area contributed by atoms with Crippen LogP contribution in [0.5, 0.6) is 0 Å². The number of ether oxygens (including phenoxy) is 3. The number of hydrogen-bond acceptors (Lipinski definition) is 10. The summed E-state index contributed by atoms with van der Waals surface area (Å²) >= 11 is 0. The molecule has 254 valence electrons. The number of anilines is 1. The average molecular weight is 662 g/mol. The lowest BCUT2D eigenvalue weighted by atomic mass is 9.89. The number of rotatable bonds is 15. The van der Waals surface area contributed by atoms with Gasteiger partial charge in [0.1, 0.15) is 6.09 Å². The van der Waals surface area contributed by atoms with Crippen molar-refractivity contribution in [3.8, 4) is 0 Å². The van der Waals surface area contributed by atoms with Gasteiger partial charge in [-0.15, -0.1) is 0 Å². The molecule has 46 heavy (non-hydrogen) atoms. The van der Waals surface area contributed by atoms with Crippen LogP contribution < -0.4 is 16.2 Å². The Morgan fingerprint density at radius 2 is 1.85 bits per heavy atom. The molecule has 0 aromatic heterocycles. The number of alkyl carbamates (subject to hydrolysis) is 1. The van der Waals surface area contributed by atoms with Crippen LogP contribution in [0.15, 0.2) is 59.5 Å². The molecule has 0 radical (unpaired) electrons. The van der Waals surface area contributed by atoms with Gasteiger partial charge in [-0.25, -0.2) is 13.2 Å². The SMILES string of the molecule is CCOC(=O)NCCC(C)(C)CN(C[C@@H](O)[C@H](Cc1ccccc1)N(C(=O)[O-])[C@H]1CO[C@H]2OCC[C@H]21)S(=O)(=O)c1ccc(N)cc1. The van der Waals surface area contributed by atoms with Crippen molar-refractivity contribution in [3.63, 3.8) is 0 Å². The first-order chi connectivity index (χ1) is 21.8. The van der Waals surface area contributed by atoms with Crippen LogP contribution in [0.3, 0.4) is 0 Å². The molecule has 4 rings (SSSR count). The number of nitrogens with zero attached hydrogens (tertiary/aromatic N) is 2. The van der Waals surface area contributed by atoms with Crippen LogP contribution >= 0.6 is 0 Å². The molecule has 0 unspecified atom stereocenters. The second-order valence-electron chi connectivity index (χ2n) is 12.5. The molecule has 0 spiro atoms. The minimum atomic E-state index is -4.20. The number of nitrogens with two attached hydrogens (primary N) is 1. The predicted octanol–water partition coefficient (Wildman–Crippen LogP) is 1.80. The summed E-state index contributed by atoms with van der Waals surface area (Å²) in [6.07, 6.45) is -3.00. The number of aliphatic hydroxyl groups excluding tert-OH is 1. The minimum Gasteiger partial charge on any atom is -0.530 e. The van der Waals surface area contributed by atoms with Crippen molar-refractivity contribution in [1.82, 2.24) is 14.5 Å². The van der Waals surface area contributed by atoms with E-state index >= 15 is 0 Å². The number of sulfonamides is 1. The summed E-state index contributed by atoms with van der Waals surface area (Å²) in [5.74, 6) is -0.246. The monoisotopic (exact) mass is 661 g/mol. The number of hydrogen-bond donors (Lipinski definition) is 3. The third-order valence-electron chi connectivity index (χ3n) is 8.53. The van der Waals surface area contributed by atoms with Crippen molar-refractivity contribution >= 4 is 27.9 Å². The number of carboxylic acid groups (broad SMARTS) is 1. The van der Waals surface area contributed by atoms with Gasteiger partial charge in [0.15, 0.2) is 6.29 Å². The van der Waals surface area contributed by atoms with Gasteiger partial charge in [0.25, 0.3) is 0 Å². The van der Waals surface area contributed by atoms with E-state index in [1.807, 2.05) is 44.2 Å². The van der Waals surface area contributed by atoms with E-state index < -0.39 is 58.6 Å². The summed E-state index contributed by atoms with van der Waals surface area (Å²) in [5.41, 5.74) is 6.28. The standard InChI is InChI=1S/C32H46N4O9S/c1-4-43-30(38)34-16-15-32(2,3)21-35(46(41,42)24-12-10-23(33)11-13-24)19-28(37)26(18-22-8-6-5-7-9-22)36(31(39)40)27-20-45-29-25(27)14-17-44-29/h5-13,25-29,37H,4,14-21,33H2,1-3H3,(H,34,38)(H,39,40)/p-1/t25-,26-,27-,28+,29+/m0/s1. The van der Waals surface area contributed by atoms with E-state index in [4.69, 9.17) is 19.9 Å². The van der Waals surface area contributed by atoms with Crippen molar-refractivity contribution < 1.29 is 42.4 Å². The van der Waals surface area contributed by atoms with E-state index in [9.17, 15) is 28.2 Å². The second kappa shape index (κ2) is 15.4. The Kier molecular flexibility index (Phi) is 11.9. The average Bonchev–Trinajstić information content (AvgIpc) is 3.62. The molecule has 2 aromatic rings. The Morgan fingerprint density at radius 1 is 1.15 bits per heavy atom. The van der Waals surface area contributed by atoms with Gasteiger partial charge in [0.2, 0.25) is 10.0 Å². The molecule has 13 nitrogen and oxygen atoms in total. The topological polar surface area (TPSA) is 184 Å². The third-order valence-corrected chi connectivity index (χ3v) is 10.4. The number of nitrogens with one attached hydrogen (secondary N) is 1. The highest BCUT2D eigenvalue weighted by atomic mass is 32.2. The quantitative estimate of drug-likeness (QED) is 0.238. The van der Waals surface area contributed by atoms with Crippen LogP contribution in [0.4, 0.5) is 15.3 Å². The lowest BCUT2D eigenvalue weighted by Gasteiger charge is -2.43. The number of fused-ring (bicyclic) bond motifs is 1. The number of nitrogen functional groups attached to an aromatic ring is 1. The Morgan fingerprint density at radius 3 is 2.50 bits per heavy atom. The molecular formula is C32H45N4O9S-. The predicted molar refractivity (Wildman–Crippen MR) is 168 cm³/mol. The third kappa shape index (κ3) is 8.88. The number of carbonyl (C=O) groups excluding carboxylic acids is 2. The molecule has 0 saturated carbocycles. The summed E-state index contributed by atoms with van der Waals surface area (Å²) in [6, 6.07) is 13.1. The first-order valence-electron chi connectivity index (χ1n) is 15.5. The molecule has 0 aliphatic carbocycles. The molecule has 4 N–H and O–H groups in total. The smallest absolute Gasteiger partial charge is 0.407 e. The van der Waals surface area contributed by atoms with E-state index in [2.05, 4.69) is 5.32 Å². The first-order valence-corrected chi connectivity index (χ1v) is 17.0. The van der Waals surface area contributed by atoms with Crippen molar-refractivity contribution in [3.05, 3.63) is 60.2 Å². The van der Waals surface area contributed by atoms with Gasteiger partial charge in [0, 0.05) is 31.2 Å². The maximum Gasteiger partial charge on any atom is 0.407 e. The van der Waals surface area contributed by atoms with Crippen LogP contribution in [0.25, 0.3) is 0 Å². The molecule has 2 aliphatic heterocycles. The normalized spacial score (nSPS) is 21.0. The van der Waals surface area contributed by atoms with E-state index in [1.54, 1.807) is 6.92 Å². The summed E-state index contributed by atoms with van der Waals surface area (Å²) in [4.78, 5) is 25.7. The molecule has 5 atom stereocenters. The lowest BCUT2D eigenvalue weighted by Crippen LogP contribution is -2.61. The fraction of sp³-hybridized carbons (Fsp3) is 0.562. The maximum atomic E-state index is 14.1. The fourth-order valence-corrected chi connectivity index (χ4v) is 7.78. The van der Waals surface area contributed by atoms with E-state index in [1.165, 1.54) is 28.6 Å². The van der Waals surface area contributed by atoms with E-state index in [-0.39, 0.29) is 43.5 Å². The number of amides is 2. The maximum absolute atomic E-state index is 14.1. The lowest BCUT2D eigenvalue weighted by molar-refractivity contribution is -0.273. The zero-order chi connectivity index (χ0) is 33.5. The van der Waals surface area contributed by atoms with Gasteiger partial charge in [-0.2, -0.15) is 4.31 Å². The van der Waals surface area contributed by atoms with E-state index in [0.29, 0.717) is 25.1 Å². The molecule has 14 heteroatoms. The minimum absolute atomic E-state index is 0.0270. The summed E-state index contributed by atoms with van der Waals surface area (Å²) in [7, 11) is -4.20. The van der Waals surface area contributed by atoms with Gasteiger partial charge in [-0.1, -0.05) is 44.2 Å². The Labute approximate surface area is 270 Å². The van der Waals surface area contributed by atoms with Crippen LogP contribution in [0.1, 0.15) is 39.2 Å². The van der Waals surface area contributed by atoms with Crippen molar-refractivity contribution in [1.29, 1.82) is 0 Å². The largest absolute Gasteiger partial charge is 0.530 e. The van der Waals surface area contributed by atoms with Crippen molar-refractivity contribution in [2.24, 2.45) is 11.3 Å². The fourth-order valence-electron chi connectivity index (χ4n) is 6.13. The zero-order valence-corrected chi connectivity index (χ0v) is 27.4. The summed E-state index contributed by atoms with van der Waals surface area (Å²) in [6.45, 7) is 5.87. The van der Waals surface area contributed by atoms with E-state index in [0.717, 1.165) is 10.5 Å².